The summed E-state index contributed by atoms with van der Waals surface area (Å²) in [5.41, 5.74) is 4.66. The fourth-order valence-electron chi connectivity index (χ4n) is 1.83. The minimum Gasteiger partial charge on any atom is -0.330 e. The van der Waals surface area contributed by atoms with Gasteiger partial charge in [-0.25, -0.2) is 13.4 Å². The van der Waals surface area contributed by atoms with Gasteiger partial charge in [0.25, 0.3) is 0 Å². The number of nitrogens with zero attached hydrogens (tertiary/aromatic N) is 3. The molecule has 0 spiro atoms. The van der Waals surface area contributed by atoms with Crippen LogP contribution in [0, 0.1) is 0 Å². The van der Waals surface area contributed by atoms with Crippen LogP contribution in [0.3, 0.4) is 0 Å². The smallest absolute Gasteiger partial charge is 0.244 e. The zero-order chi connectivity index (χ0) is 15.5. The highest BCUT2D eigenvalue weighted by Crippen LogP contribution is 2.24. The van der Waals surface area contributed by atoms with Crippen LogP contribution in [0.5, 0.6) is 0 Å². The minimum absolute atomic E-state index is 0.143. The molecular formula is C12H19N5O2S2. The molecule has 21 heavy (non-hydrogen) atoms. The van der Waals surface area contributed by atoms with Crippen molar-refractivity contribution >= 4 is 21.4 Å². The maximum Gasteiger partial charge on any atom is 0.244 e. The van der Waals surface area contributed by atoms with Crippen LogP contribution in [-0.4, -0.2) is 29.7 Å². The summed E-state index contributed by atoms with van der Waals surface area (Å²) in [5.74, 6) is 0. The number of rotatable bonds is 7. The molecule has 0 bridgehead atoms. The highest BCUT2D eigenvalue weighted by atomic mass is 32.2. The van der Waals surface area contributed by atoms with Crippen LogP contribution >= 0.6 is 11.3 Å². The first kappa shape index (κ1) is 16.1. The molecule has 0 aromatic carbocycles. The lowest BCUT2D eigenvalue weighted by Gasteiger charge is -2.22. The highest BCUT2D eigenvalue weighted by molar-refractivity contribution is 7.89. The van der Waals surface area contributed by atoms with Gasteiger partial charge in [0, 0.05) is 24.3 Å². The number of thiazole rings is 1. The van der Waals surface area contributed by atoms with Crippen LogP contribution < -0.4 is 10.5 Å². The number of sulfonamides is 1. The van der Waals surface area contributed by atoms with Gasteiger partial charge in [-0.3, -0.25) is 4.68 Å². The Morgan fingerprint density at radius 1 is 1.48 bits per heavy atom. The summed E-state index contributed by atoms with van der Waals surface area (Å²) in [6, 6.07) is 0. The summed E-state index contributed by atoms with van der Waals surface area (Å²) in [4.78, 5) is 4.31. The van der Waals surface area contributed by atoms with Gasteiger partial charge in [-0.2, -0.15) is 9.82 Å². The van der Waals surface area contributed by atoms with E-state index in [1.807, 2.05) is 5.38 Å². The standard InChI is InChI=1S/C12H19N5O2S2/c1-12(2,11-14-5-7-20-11)16-21(18,19)10-8-15-17(9-10)6-3-4-13/h5,7-9,16H,3-4,6,13H2,1-2H3. The molecule has 2 heterocycles. The maximum atomic E-state index is 12.4. The fourth-order valence-corrected chi connectivity index (χ4v) is 3.94. The molecule has 9 heteroatoms. The van der Waals surface area contributed by atoms with Gasteiger partial charge in [-0.1, -0.05) is 0 Å². The van der Waals surface area contributed by atoms with E-state index in [1.54, 1.807) is 24.7 Å². The second-order valence-electron chi connectivity index (χ2n) is 5.15. The molecule has 0 radical (unpaired) electrons. The number of aryl methyl sites for hydroxylation is 1. The largest absolute Gasteiger partial charge is 0.330 e. The molecule has 3 N–H and O–H groups in total. The van der Waals surface area contributed by atoms with Crippen molar-refractivity contribution in [1.29, 1.82) is 0 Å². The molecule has 0 aliphatic carbocycles. The predicted octanol–water partition coefficient (Wildman–Crippen LogP) is 0.902. The molecule has 0 fully saturated rings. The summed E-state index contributed by atoms with van der Waals surface area (Å²) in [5, 5.41) is 6.57. The van der Waals surface area contributed by atoms with Crippen molar-refractivity contribution in [2.45, 2.75) is 37.2 Å². The second-order valence-corrected chi connectivity index (χ2v) is 7.73. The van der Waals surface area contributed by atoms with Gasteiger partial charge >= 0.3 is 0 Å². The van der Waals surface area contributed by atoms with Crippen molar-refractivity contribution in [3.63, 3.8) is 0 Å². The lowest BCUT2D eigenvalue weighted by Crippen LogP contribution is -2.40. The van der Waals surface area contributed by atoms with Crippen molar-refractivity contribution in [1.82, 2.24) is 19.5 Å². The molecule has 0 unspecified atom stereocenters. The molecule has 2 aromatic rings. The number of nitrogens with one attached hydrogen (secondary N) is 1. The monoisotopic (exact) mass is 329 g/mol. The van der Waals surface area contributed by atoms with Gasteiger partial charge in [0.1, 0.15) is 9.90 Å². The van der Waals surface area contributed by atoms with Crippen LogP contribution in [0.1, 0.15) is 25.3 Å². The Morgan fingerprint density at radius 3 is 2.86 bits per heavy atom. The summed E-state index contributed by atoms with van der Waals surface area (Å²) in [6.07, 6.45) is 5.26. The van der Waals surface area contributed by atoms with E-state index in [2.05, 4.69) is 14.8 Å². The van der Waals surface area contributed by atoms with E-state index in [-0.39, 0.29) is 4.90 Å². The lowest BCUT2D eigenvalue weighted by atomic mass is 10.1. The average molecular weight is 329 g/mol. The Labute approximate surface area is 128 Å². The van der Waals surface area contributed by atoms with Crippen LogP contribution in [0.25, 0.3) is 0 Å². The SMILES string of the molecule is CC(C)(NS(=O)(=O)c1cnn(CCCN)c1)c1nccs1. The first-order chi connectivity index (χ1) is 9.85. The third-order valence-electron chi connectivity index (χ3n) is 2.87. The molecule has 116 valence electrons. The topological polar surface area (TPSA) is 103 Å². The normalized spacial score (nSPS) is 12.7. The third-order valence-corrected chi connectivity index (χ3v) is 5.57. The van der Waals surface area contributed by atoms with E-state index in [1.165, 1.54) is 23.7 Å². The van der Waals surface area contributed by atoms with Gasteiger partial charge in [0.15, 0.2) is 0 Å². The zero-order valence-electron chi connectivity index (χ0n) is 12.0. The molecule has 0 amide bonds. The maximum absolute atomic E-state index is 12.4. The fraction of sp³-hybridized carbons (Fsp3) is 0.500. The highest BCUT2D eigenvalue weighted by Gasteiger charge is 2.30. The Bertz CT molecular complexity index is 676. The van der Waals surface area contributed by atoms with Crippen molar-refractivity contribution in [3.8, 4) is 0 Å². The summed E-state index contributed by atoms with van der Waals surface area (Å²) >= 11 is 1.41. The zero-order valence-corrected chi connectivity index (χ0v) is 13.6. The van der Waals surface area contributed by atoms with Crippen molar-refractivity contribution < 1.29 is 8.42 Å². The van der Waals surface area contributed by atoms with Crippen molar-refractivity contribution in [3.05, 3.63) is 29.0 Å². The first-order valence-corrected chi connectivity index (χ1v) is 8.88. The Balaban J connectivity index is 2.16. The van der Waals surface area contributed by atoms with E-state index in [4.69, 9.17) is 5.73 Å². The molecule has 0 aliphatic rings. The molecule has 0 saturated carbocycles. The van der Waals surface area contributed by atoms with Gasteiger partial charge in [-0.05, 0) is 26.8 Å². The molecule has 0 saturated heterocycles. The van der Waals surface area contributed by atoms with Crippen molar-refractivity contribution in [2.24, 2.45) is 5.73 Å². The second kappa shape index (κ2) is 6.22. The van der Waals surface area contributed by atoms with Crippen LogP contribution in [-0.2, 0) is 22.1 Å². The van der Waals surface area contributed by atoms with E-state index in [9.17, 15) is 8.42 Å². The third kappa shape index (κ3) is 3.88. The van der Waals surface area contributed by atoms with Gasteiger partial charge in [0.05, 0.1) is 11.7 Å². The molecule has 0 atom stereocenters. The van der Waals surface area contributed by atoms with Gasteiger partial charge in [-0.15, -0.1) is 11.3 Å². The first-order valence-electron chi connectivity index (χ1n) is 6.51. The van der Waals surface area contributed by atoms with E-state index < -0.39 is 15.6 Å². The summed E-state index contributed by atoms with van der Waals surface area (Å²) in [7, 11) is -3.65. The summed E-state index contributed by atoms with van der Waals surface area (Å²) in [6.45, 7) is 4.70. The van der Waals surface area contributed by atoms with Gasteiger partial charge in [0.2, 0.25) is 10.0 Å². The average Bonchev–Trinajstić information content (AvgIpc) is 3.06. The quantitative estimate of drug-likeness (QED) is 0.785. The molecule has 0 aliphatic heterocycles. The minimum atomic E-state index is -3.65. The molecule has 2 aromatic heterocycles. The Morgan fingerprint density at radius 2 is 2.24 bits per heavy atom. The number of hydrogen-bond donors (Lipinski definition) is 2. The number of nitrogens with two attached hydrogens (primary N) is 1. The molecular weight excluding hydrogens is 310 g/mol. The predicted molar refractivity (Wildman–Crippen MR) is 81.4 cm³/mol. The Hall–Kier alpha value is -1.29. The summed E-state index contributed by atoms with van der Waals surface area (Å²) < 4.78 is 29.1. The lowest BCUT2D eigenvalue weighted by molar-refractivity contribution is 0.469. The molecule has 7 nitrogen and oxygen atoms in total. The van der Waals surface area contributed by atoms with Crippen LogP contribution in [0.2, 0.25) is 0 Å². The van der Waals surface area contributed by atoms with E-state index in [0.29, 0.717) is 18.1 Å². The van der Waals surface area contributed by atoms with Crippen LogP contribution in [0.4, 0.5) is 0 Å². The van der Waals surface area contributed by atoms with E-state index in [0.717, 1.165) is 6.42 Å². The van der Waals surface area contributed by atoms with E-state index >= 15 is 0 Å². The number of aromatic nitrogens is 3. The number of hydrogen-bond acceptors (Lipinski definition) is 6. The van der Waals surface area contributed by atoms with Crippen LogP contribution in [0.15, 0.2) is 28.9 Å². The Kier molecular flexibility index (Phi) is 4.77. The molecule has 2 rings (SSSR count). The van der Waals surface area contributed by atoms with Crippen molar-refractivity contribution in [2.75, 3.05) is 6.54 Å². The van der Waals surface area contributed by atoms with Gasteiger partial charge < -0.3 is 5.73 Å².